The van der Waals surface area contributed by atoms with Crippen LogP contribution in [0.2, 0.25) is 5.02 Å². The molecule has 1 heterocycles. The van der Waals surface area contributed by atoms with Crippen molar-refractivity contribution < 1.29 is 14.7 Å². The summed E-state index contributed by atoms with van der Waals surface area (Å²) < 4.78 is 46.1. The summed E-state index contributed by atoms with van der Waals surface area (Å²) in [5.74, 6) is -1.49. The SMILES string of the molecule is [2H]c1c([2H])c([2H])c(C2=NCC(=O)N(CCN)c3ccc(Cl)cc32)c(F)c1[2H]. The fraction of sp³-hybridized carbons (Fsp3) is 0.176. The third-order valence-electron chi connectivity index (χ3n) is 3.41. The number of nitrogens with zero attached hydrogens (tertiary/aromatic N) is 2. The number of carbonyl (C=O) groups is 1. The van der Waals surface area contributed by atoms with E-state index in [1.807, 2.05) is 0 Å². The van der Waals surface area contributed by atoms with Crippen LogP contribution in [0.15, 0.2) is 47.4 Å². The van der Waals surface area contributed by atoms with Crippen LogP contribution >= 0.6 is 11.6 Å². The van der Waals surface area contributed by atoms with Gasteiger partial charge in [-0.05, 0) is 30.3 Å². The fourth-order valence-corrected chi connectivity index (χ4v) is 2.61. The van der Waals surface area contributed by atoms with Crippen LogP contribution in [0.3, 0.4) is 0 Å². The van der Waals surface area contributed by atoms with Crippen LogP contribution in [0, 0.1) is 5.82 Å². The number of benzene rings is 2. The third-order valence-corrected chi connectivity index (χ3v) is 3.64. The molecule has 3 rings (SSSR count). The van der Waals surface area contributed by atoms with Crippen molar-refractivity contribution in [1.29, 1.82) is 0 Å². The lowest BCUT2D eigenvalue weighted by atomic mass is 9.99. The second-order valence-corrected chi connectivity index (χ2v) is 5.29. The molecule has 23 heavy (non-hydrogen) atoms. The molecule has 0 saturated carbocycles. The summed E-state index contributed by atoms with van der Waals surface area (Å²) in [5.41, 5.74) is 5.84. The molecule has 118 valence electrons. The summed E-state index contributed by atoms with van der Waals surface area (Å²) >= 11 is 6.08. The van der Waals surface area contributed by atoms with Gasteiger partial charge in [0, 0.05) is 29.2 Å². The summed E-state index contributed by atoms with van der Waals surface area (Å²) in [6.07, 6.45) is 0. The molecule has 1 aliphatic heterocycles. The maximum Gasteiger partial charge on any atom is 0.248 e. The van der Waals surface area contributed by atoms with Crippen molar-refractivity contribution in [3.8, 4) is 0 Å². The molecule has 2 aromatic carbocycles. The quantitative estimate of drug-likeness (QED) is 0.937. The van der Waals surface area contributed by atoms with Gasteiger partial charge in [0.05, 0.1) is 16.9 Å². The zero-order valence-electron chi connectivity index (χ0n) is 16.0. The number of carbonyl (C=O) groups excluding carboxylic acids is 1. The van der Waals surface area contributed by atoms with Gasteiger partial charge in [-0.3, -0.25) is 9.79 Å². The Labute approximate surface area is 144 Å². The van der Waals surface area contributed by atoms with Gasteiger partial charge < -0.3 is 10.6 Å². The molecular weight excluding hydrogens is 317 g/mol. The Balaban J connectivity index is 2.33. The number of hydrogen-bond acceptors (Lipinski definition) is 3. The highest BCUT2D eigenvalue weighted by Crippen LogP contribution is 2.30. The van der Waals surface area contributed by atoms with E-state index >= 15 is 0 Å². The molecule has 0 atom stereocenters. The molecule has 2 N–H and O–H groups in total. The number of nitrogens with two attached hydrogens (primary N) is 1. The normalized spacial score (nSPS) is 16.7. The standard InChI is InChI=1S/C17H15ClFN3O/c18-11-5-6-15-13(9-11)17(12-3-1-2-4-14(12)19)21-10-16(23)22(15)8-7-20/h1-6,9H,7-8,10,20H2/i1D,2D,3D,4D. The first-order valence-corrected chi connectivity index (χ1v) is 7.26. The second kappa shape index (κ2) is 6.48. The molecule has 4 nitrogen and oxygen atoms in total. The van der Waals surface area contributed by atoms with E-state index in [1.165, 1.54) is 11.0 Å². The van der Waals surface area contributed by atoms with Gasteiger partial charge in [0.25, 0.3) is 0 Å². The number of amides is 1. The maximum atomic E-state index is 14.8. The van der Waals surface area contributed by atoms with E-state index in [2.05, 4.69) is 4.99 Å². The highest BCUT2D eigenvalue weighted by Gasteiger charge is 2.25. The predicted molar refractivity (Wildman–Crippen MR) is 89.8 cm³/mol. The molecule has 0 spiro atoms. The highest BCUT2D eigenvalue weighted by molar-refractivity contribution is 6.32. The number of halogens is 2. The zero-order valence-corrected chi connectivity index (χ0v) is 12.7. The summed E-state index contributed by atoms with van der Waals surface area (Å²) in [6, 6.07) is 2.00. The summed E-state index contributed by atoms with van der Waals surface area (Å²) in [7, 11) is 0. The van der Waals surface area contributed by atoms with Crippen LogP contribution in [0.1, 0.15) is 16.6 Å². The van der Waals surface area contributed by atoms with Crippen molar-refractivity contribution in [2.75, 3.05) is 24.5 Å². The number of hydrogen-bond donors (Lipinski definition) is 1. The Morgan fingerprint density at radius 3 is 2.91 bits per heavy atom. The van der Waals surface area contributed by atoms with Gasteiger partial charge in [-0.1, -0.05) is 23.7 Å². The van der Waals surface area contributed by atoms with Crippen molar-refractivity contribution in [3.63, 3.8) is 0 Å². The minimum absolute atomic E-state index is 0.0510. The monoisotopic (exact) mass is 335 g/mol. The Kier molecular flexibility index (Phi) is 3.19. The van der Waals surface area contributed by atoms with Crippen molar-refractivity contribution in [3.05, 3.63) is 64.3 Å². The fourth-order valence-electron chi connectivity index (χ4n) is 2.43. The molecule has 0 unspecified atom stereocenters. The largest absolute Gasteiger partial charge is 0.329 e. The molecule has 0 saturated heterocycles. The van der Waals surface area contributed by atoms with E-state index in [0.717, 1.165) is 0 Å². The van der Waals surface area contributed by atoms with Crippen LogP contribution in [0.4, 0.5) is 10.1 Å². The average molecular weight is 336 g/mol. The number of rotatable bonds is 3. The Bertz CT molecular complexity index is 954. The van der Waals surface area contributed by atoms with Crippen molar-refractivity contribution >= 4 is 28.9 Å². The molecule has 0 fully saturated rings. The third kappa shape index (κ3) is 2.98. The number of anilines is 1. The average Bonchev–Trinajstić information content (AvgIpc) is 2.77. The van der Waals surface area contributed by atoms with E-state index in [-0.39, 0.29) is 31.3 Å². The van der Waals surface area contributed by atoms with Gasteiger partial charge >= 0.3 is 0 Å². The predicted octanol–water partition coefficient (Wildman–Crippen LogP) is 2.62. The van der Waals surface area contributed by atoms with Gasteiger partial charge in [-0.2, -0.15) is 0 Å². The molecule has 1 aliphatic rings. The van der Waals surface area contributed by atoms with Gasteiger partial charge in [-0.15, -0.1) is 0 Å². The van der Waals surface area contributed by atoms with Gasteiger partial charge in [0.2, 0.25) is 5.91 Å². The summed E-state index contributed by atoms with van der Waals surface area (Å²) in [5, 5.41) is 0.310. The second-order valence-electron chi connectivity index (χ2n) is 4.85. The molecule has 6 heteroatoms. The Morgan fingerprint density at radius 1 is 1.35 bits per heavy atom. The molecule has 0 bridgehead atoms. The number of benzodiazepines with no additional fused rings is 1. The highest BCUT2D eigenvalue weighted by atomic mass is 35.5. The smallest absolute Gasteiger partial charge is 0.248 e. The van der Waals surface area contributed by atoms with Crippen LogP contribution < -0.4 is 10.6 Å². The lowest BCUT2D eigenvalue weighted by molar-refractivity contribution is -0.117. The number of aliphatic imine (C=N–C) groups is 1. The van der Waals surface area contributed by atoms with Crippen molar-refractivity contribution in [2.45, 2.75) is 0 Å². The van der Waals surface area contributed by atoms with E-state index < -0.39 is 35.6 Å². The van der Waals surface area contributed by atoms with E-state index in [9.17, 15) is 9.18 Å². The van der Waals surface area contributed by atoms with E-state index in [1.54, 1.807) is 12.1 Å². The minimum atomic E-state index is -1.13. The first-order valence-electron chi connectivity index (χ1n) is 8.89. The van der Waals surface area contributed by atoms with Gasteiger partial charge in [0.1, 0.15) is 12.4 Å². The maximum absolute atomic E-state index is 14.8. The van der Waals surface area contributed by atoms with E-state index in [0.29, 0.717) is 16.3 Å². The minimum Gasteiger partial charge on any atom is -0.329 e. The molecule has 0 radical (unpaired) electrons. The lowest BCUT2D eigenvalue weighted by Crippen LogP contribution is -2.36. The molecular formula is C17H15ClFN3O. The zero-order chi connectivity index (χ0) is 19.9. The van der Waals surface area contributed by atoms with Crippen molar-refractivity contribution in [1.82, 2.24) is 0 Å². The van der Waals surface area contributed by atoms with E-state index in [4.69, 9.17) is 22.8 Å². The molecule has 2 aromatic rings. The Hall–Kier alpha value is -2.24. The Morgan fingerprint density at radius 2 is 2.13 bits per heavy atom. The van der Waals surface area contributed by atoms with Crippen LogP contribution in [-0.4, -0.2) is 31.3 Å². The first-order chi connectivity index (χ1) is 12.8. The topological polar surface area (TPSA) is 58.7 Å². The van der Waals surface area contributed by atoms with Crippen LogP contribution in [0.25, 0.3) is 0 Å². The van der Waals surface area contributed by atoms with Crippen LogP contribution in [-0.2, 0) is 4.79 Å². The van der Waals surface area contributed by atoms with Gasteiger partial charge in [0.15, 0.2) is 0 Å². The molecule has 0 aliphatic carbocycles. The molecule has 0 aromatic heterocycles. The number of fused-ring (bicyclic) bond motifs is 1. The molecule has 1 amide bonds. The summed E-state index contributed by atoms with van der Waals surface area (Å²) in [6.45, 7) is 0.0950. The lowest BCUT2D eigenvalue weighted by Gasteiger charge is -2.22. The van der Waals surface area contributed by atoms with Crippen LogP contribution in [0.5, 0.6) is 0 Å². The van der Waals surface area contributed by atoms with Crippen molar-refractivity contribution in [2.24, 2.45) is 10.7 Å². The first kappa shape index (κ1) is 11.3. The summed E-state index contributed by atoms with van der Waals surface area (Å²) in [4.78, 5) is 18.0. The van der Waals surface area contributed by atoms with Gasteiger partial charge in [-0.25, -0.2) is 4.39 Å².